The topological polar surface area (TPSA) is 69.0 Å². The van der Waals surface area contributed by atoms with Crippen LogP contribution in [-0.2, 0) is 13.0 Å². The number of nitrogens with one attached hydrogen (secondary N) is 1. The van der Waals surface area contributed by atoms with Gasteiger partial charge < -0.3 is 10.1 Å². The molecule has 1 amide bonds. The van der Waals surface area contributed by atoms with E-state index in [0.29, 0.717) is 24.5 Å². The molecule has 2 aromatic heterocycles. The van der Waals surface area contributed by atoms with Crippen molar-refractivity contribution in [1.82, 2.24) is 20.1 Å². The molecule has 0 radical (unpaired) electrons. The molecule has 0 spiro atoms. The second-order valence-corrected chi connectivity index (χ2v) is 5.54. The molecule has 0 unspecified atom stereocenters. The highest BCUT2D eigenvalue weighted by atomic mass is 16.5. The van der Waals surface area contributed by atoms with Crippen molar-refractivity contribution < 1.29 is 9.53 Å². The summed E-state index contributed by atoms with van der Waals surface area (Å²) in [5.74, 6) is 1.48. The van der Waals surface area contributed by atoms with E-state index in [1.807, 2.05) is 36.5 Å². The van der Waals surface area contributed by atoms with E-state index in [1.165, 1.54) is 0 Å². The lowest BCUT2D eigenvalue weighted by Crippen LogP contribution is -2.24. The average Bonchev–Trinajstić information content (AvgIpc) is 3.30. The van der Waals surface area contributed by atoms with Gasteiger partial charge in [-0.2, -0.15) is 5.10 Å². The normalized spacial score (nSPS) is 12.5. The molecule has 6 heteroatoms. The van der Waals surface area contributed by atoms with Crippen LogP contribution >= 0.6 is 0 Å². The molecule has 1 aromatic carbocycles. The van der Waals surface area contributed by atoms with E-state index in [1.54, 1.807) is 23.1 Å². The highest BCUT2D eigenvalue weighted by Gasteiger charge is 2.15. The maximum atomic E-state index is 12.4. The summed E-state index contributed by atoms with van der Waals surface area (Å²) in [7, 11) is 0. The molecule has 0 aliphatic carbocycles. The minimum Gasteiger partial charge on any atom is -0.493 e. The molecule has 120 valence electrons. The Morgan fingerprint density at radius 1 is 1.25 bits per heavy atom. The van der Waals surface area contributed by atoms with Crippen LogP contribution in [0.25, 0.3) is 5.82 Å². The summed E-state index contributed by atoms with van der Waals surface area (Å²) < 4.78 is 7.16. The van der Waals surface area contributed by atoms with Crippen molar-refractivity contribution in [1.29, 1.82) is 0 Å². The molecule has 3 aromatic rings. The quantitative estimate of drug-likeness (QED) is 0.799. The van der Waals surface area contributed by atoms with Crippen molar-refractivity contribution in [2.24, 2.45) is 0 Å². The number of pyridine rings is 1. The highest BCUT2D eigenvalue weighted by molar-refractivity contribution is 5.94. The average molecular weight is 320 g/mol. The molecule has 0 bridgehead atoms. The van der Waals surface area contributed by atoms with Gasteiger partial charge in [-0.05, 0) is 35.9 Å². The van der Waals surface area contributed by atoms with E-state index in [2.05, 4.69) is 15.4 Å². The number of carbonyl (C=O) groups excluding carboxylic acids is 1. The molecule has 6 nitrogen and oxygen atoms in total. The Balaban J connectivity index is 1.50. The predicted octanol–water partition coefficient (Wildman–Crippen LogP) is 2.13. The number of fused-ring (bicyclic) bond motifs is 1. The van der Waals surface area contributed by atoms with Gasteiger partial charge in [0.2, 0.25) is 0 Å². The van der Waals surface area contributed by atoms with Gasteiger partial charge in [-0.25, -0.2) is 9.67 Å². The monoisotopic (exact) mass is 320 g/mol. The van der Waals surface area contributed by atoms with Crippen LogP contribution in [0.15, 0.2) is 55.0 Å². The Bertz CT molecular complexity index is 874. The third-order valence-corrected chi connectivity index (χ3v) is 3.98. The molecule has 0 saturated carbocycles. The van der Waals surface area contributed by atoms with Crippen LogP contribution in [0.1, 0.15) is 21.5 Å². The maximum absolute atomic E-state index is 12.4. The number of nitrogens with zero attached hydrogens (tertiary/aromatic N) is 3. The van der Waals surface area contributed by atoms with Crippen molar-refractivity contribution in [2.45, 2.75) is 13.0 Å². The SMILES string of the molecule is O=C(NCc1cccnc1-n1cccn1)c1ccc2c(c1)CCO2. The van der Waals surface area contributed by atoms with Gasteiger partial charge in [0.25, 0.3) is 5.91 Å². The fourth-order valence-electron chi connectivity index (χ4n) is 2.77. The van der Waals surface area contributed by atoms with Crippen LogP contribution in [0.4, 0.5) is 0 Å². The Labute approximate surface area is 139 Å². The summed E-state index contributed by atoms with van der Waals surface area (Å²) >= 11 is 0. The Kier molecular flexibility index (Phi) is 3.70. The summed E-state index contributed by atoms with van der Waals surface area (Å²) in [5, 5.41) is 7.15. The number of amides is 1. The summed E-state index contributed by atoms with van der Waals surface area (Å²) in [6.45, 7) is 1.07. The van der Waals surface area contributed by atoms with Crippen molar-refractivity contribution >= 4 is 5.91 Å². The Morgan fingerprint density at radius 2 is 2.21 bits per heavy atom. The van der Waals surface area contributed by atoms with Crippen LogP contribution in [0.3, 0.4) is 0 Å². The maximum Gasteiger partial charge on any atom is 0.251 e. The number of ether oxygens (including phenoxy) is 1. The highest BCUT2D eigenvalue weighted by Crippen LogP contribution is 2.25. The molecular formula is C18H16N4O2. The summed E-state index contributed by atoms with van der Waals surface area (Å²) in [5.41, 5.74) is 2.63. The molecule has 0 fully saturated rings. The lowest BCUT2D eigenvalue weighted by molar-refractivity contribution is 0.0951. The zero-order valence-corrected chi connectivity index (χ0v) is 13.0. The Morgan fingerprint density at radius 3 is 3.08 bits per heavy atom. The number of benzene rings is 1. The third-order valence-electron chi connectivity index (χ3n) is 3.98. The number of carbonyl (C=O) groups is 1. The van der Waals surface area contributed by atoms with Gasteiger partial charge >= 0.3 is 0 Å². The van der Waals surface area contributed by atoms with E-state index in [9.17, 15) is 4.79 Å². The molecule has 1 aliphatic heterocycles. The summed E-state index contributed by atoms with van der Waals surface area (Å²) in [6, 6.07) is 11.2. The van der Waals surface area contributed by atoms with E-state index in [0.717, 1.165) is 23.3 Å². The van der Waals surface area contributed by atoms with Crippen LogP contribution in [0.5, 0.6) is 5.75 Å². The largest absolute Gasteiger partial charge is 0.493 e. The minimum absolute atomic E-state index is 0.111. The summed E-state index contributed by atoms with van der Waals surface area (Å²) in [6.07, 6.45) is 6.09. The molecular weight excluding hydrogens is 304 g/mol. The molecule has 0 saturated heterocycles. The molecule has 1 N–H and O–H groups in total. The van der Waals surface area contributed by atoms with Gasteiger partial charge in [0.1, 0.15) is 5.75 Å². The smallest absolute Gasteiger partial charge is 0.251 e. The van der Waals surface area contributed by atoms with Gasteiger partial charge in [0.15, 0.2) is 5.82 Å². The molecule has 1 aliphatic rings. The molecule has 4 rings (SSSR count). The number of rotatable bonds is 4. The first-order valence-corrected chi connectivity index (χ1v) is 7.79. The van der Waals surface area contributed by atoms with E-state index in [4.69, 9.17) is 4.74 Å². The number of aromatic nitrogens is 3. The zero-order chi connectivity index (χ0) is 16.4. The van der Waals surface area contributed by atoms with Crippen LogP contribution in [0, 0.1) is 0 Å². The standard InChI is InChI=1S/C18H16N4O2/c23-18(14-4-5-16-13(11-14)6-10-24-16)20-12-15-3-1-7-19-17(15)22-9-2-8-21-22/h1-5,7-9,11H,6,10,12H2,(H,20,23). The first-order valence-electron chi connectivity index (χ1n) is 7.79. The van der Waals surface area contributed by atoms with Crippen LogP contribution in [-0.4, -0.2) is 27.3 Å². The zero-order valence-electron chi connectivity index (χ0n) is 13.0. The van der Waals surface area contributed by atoms with Gasteiger partial charge in [0.05, 0.1) is 6.61 Å². The van der Waals surface area contributed by atoms with Crippen LogP contribution < -0.4 is 10.1 Å². The van der Waals surface area contributed by atoms with Crippen molar-refractivity contribution in [2.75, 3.05) is 6.61 Å². The second-order valence-electron chi connectivity index (χ2n) is 5.54. The minimum atomic E-state index is -0.111. The van der Waals surface area contributed by atoms with E-state index >= 15 is 0 Å². The van der Waals surface area contributed by atoms with E-state index in [-0.39, 0.29) is 5.91 Å². The van der Waals surface area contributed by atoms with Gasteiger partial charge in [-0.1, -0.05) is 6.07 Å². The lowest BCUT2D eigenvalue weighted by Gasteiger charge is -2.10. The fraction of sp³-hybridized carbons (Fsp3) is 0.167. The van der Waals surface area contributed by atoms with E-state index < -0.39 is 0 Å². The first kappa shape index (κ1) is 14.4. The first-order chi connectivity index (χ1) is 11.8. The van der Waals surface area contributed by atoms with Gasteiger partial charge in [-0.15, -0.1) is 0 Å². The predicted molar refractivity (Wildman–Crippen MR) is 88.2 cm³/mol. The number of hydrogen-bond donors (Lipinski definition) is 1. The third kappa shape index (κ3) is 2.74. The van der Waals surface area contributed by atoms with Crippen molar-refractivity contribution in [3.05, 3.63) is 71.7 Å². The summed E-state index contributed by atoms with van der Waals surface area (Å²) in [4.78, 5) is 16.8. The molecule has 3 heterocycles. The second kappa shape index (κ2) is 6.16. The molecule has 24 heavy (non-hydrogen) atoms. The van der Waals surface area contributed by atoms with Gasteiger partial charge in [0, 0.05) is 42.7 Å². The van der Waals surface area contributed by atoms with Crippen LogP contribution in [0.2, 0.25) is 0 Å². The number of hydrogen-bond acceptors (Lipinski definition) is 4. The van der Waals surface area contributed by atoms with Gasteiger partial charge in [-0.3, -0.25) is 4.79 Å². The lowest BCUT2D eigenvalue weighted by atomic mass is 10.1. The fourth-order valence-corrected chi connectivity index (χ4v) is 2.77. The van der Waals surface area contributed by atoms with Crippen molar-refractivity contribution in [3.8, 4) is 11.6 Å². The Hall–Kier alpha value is -3.15. The van der Waals surface area contributed by atoms with Crippen molar-refractivity contribution in [3.63, 3.8) is 0 Å². The molecule has 0 atom stereocenters.